The monoisotopic (exact) mass is 256 g/mol. The molecule has 0 aliphatic heterocycles. The van der Waals surface area contributed by atoms with Gasteiger partial charge in [-0.25, -0.2) is 9.59 Å². The maximum atomic E-state index is 11.3. The van der Waals surface area contributed by atoms with Crippen LogP contribution < -0.4 is 10.6 Å². The largest absolute Gasteiger partial charge is 0.480 e. The van der Waals surface area contributed by atoms with Crippen molar-refractivity contribution in [3.63, 3.8) is 0 Å². The topological polar surface area (TPSA) is 105 Å². The molecule has 8 nitrogen and oxygen atoms in total. The molecule has 18 heavy (non-hydrogen) atoms. The van der Waals surface area contributed by atoms with Gasteiger partial charge in [-0.1, -0.05) is 0 Å². The van der Waals surface area contributed by atoms with E-state index in [-0.39, 0.29) is 25.8 Å². The average molecular weight is 256 g/mol. The molecule has 2 amide bonds. The van der Waals surface area contributed by atoms with Crippen molar-refractivity contribution in [2.45, 2.75) is 6.54 Å². The van der Waals surface area contributed by atoms with Crippen LogP contribution in [0.1, 0.15) is 5.69 Å². The van der Waals surface area contributed by atoms with E-state index in [1.54, 1.807) is 24.0 Å². The summed E-state index contributed by atoms with van der Waals surface area (Å²) in [5, 5.41) is 17.5. The summed E-state index contributed by atoms with van der Waals surface area (Å²) in [5.41, 5.74) is 0.882. The molecule has 0 aromatic carbocycles. The van der Waals surface area contributed by atoms with Gasteiger partial charge in [-0.15, -0.1) is 0 Å². The number of hydrogen-bond acceptors (Lipinski definition) is 4. The Morgan fingerprint density at radius 3 is 2.89 bits per heavy atom. The average Bonchev–Trinajstić information content (AvgIpc) is 2.71. The smallest absolute Gasteiger partial charge is 0.329 e. The van der Waals surface area contributed by atoms with Gasteiger partial charge in [-0.05, 0) is 6.07 Å². The van der Waals surface area contributed by atoms with Crippen LogP contribution in [0.15, 0.2) is 12.3 Å². The Bertz CT molecular complexity index is 404. The third-order valence-electron chi connectivity index (χ3n) is 2.11. The Labute approximate surface area is 104 Å². The zero-order valence-corrected chi connectivity index (χ0v) is 10.0. The number of aliphatic carboxylic acids is 1. The maximum absolute atomic E-state index is 11.3. The van der Waals surface area contributed by atoms with E-state index >= 15 is 0 Å². The molecule has 0 saturated carbocycles. The third-order valence-corrected chi connectivity index (χ3v) is 2.11. The van der Waals surface area contributed by atoms with Crippen LogP contribution in [0.25, 0.3) is 0 Å². The van der Waals surface area contributed by atoms with E-state index in [4.69, 9.17) is 9.84 Å². The highest BCUT2D eigenvalue weighted by Gasteiger charge is 2.02. The lowest BCUT2D eigenvalue weighted by Crippen LogP contribution is -2.37. The van der Waals surface area contributed by atoms with Crippen molar-refractivity contribution < 1.29 is 19.4 Å². The van der Waals surface area contributed by atoms with Crippen LogP contribution in [0.4, 0.5) is 4.79 Å². The number of urea groups is 1. The first-order valence-electron chi connectivity index (χ1n) is 5.37. The number of carbonyl (C=O) groups excluding carboxylic acids is 1. The van der Waals surface area contributed by atoms with Crippen molar-refractivity contribution in [2.24, 2.45) is 7.05 Å². The van der Waals surface area contributed by atoms with Crippen molar-refractivity contribution in [1.29, 1.82) is 0 Å². The number of carboxylic acid groups (broad SMARTS) is 1. The van der Waals surface area contributed by atoms with Gasteiger partial charge in [-0.2, -0.15) is 5.10 Å². The standard InChI is InChI=1S/C10H16N4O4/c1-14-8(2-3-13-14)6-12-10(17)11-4-5-18-7-9(15)16/h2-3H,4-7H2,1H3,(H,15,16)(H2,11,12,17). The van der Waals surface area contributed by atoms with Crippen molar-refractivity contribution in [3.8, 4) is 0 Å². The van der Waals surface area contributed by atoms with E-state index in [1.165, 1.54) is 0 Å². The van der Waals surface area contributed by atoms with E-state index in [0.29, 0.717) is 6.54 Å². The minimum Gasteiger partial charge on any atom is -0.480 e. The van der Waals surface area contributed by atoms with Crippen LogP contribution in [0.2, 0.25) is 0 Å². The summed E-state index contributed by atoms with van der Waals surface area (Å²) >= 11 is 0. The molecule has 1 rings (SSSR count). The number of carboxylic acids is 1. The summed E-state index contributed by atoms with van der Waals surface area (Å²) in [6.07, 6.45) is 1.65. The molecule has 0 fully saturated rings. The molecule has 0 radical (unpaired) electrons. The maximum Gasteiger partial charge on any atom is 0.329 e. The molecule has 8 heteroatoms. The van der Waals surface area contributed by atoms with Crippen LogP contribution in [0.3, 0.4) is 0 Å². The first-order chi connectivity index (χ1) is 8.59. The Morgan fingerprint density at radius 2 is 2.28 bits per heavy atom. The molecule has 1 aromatic heterocycles. The number of rotatable bonds is 7. The molecule has 0 aliphatic carbocycles. The number of amides is 2. The summed E-state index contributed by atoms with van der Waals surface area (Å²) in [5.74, 6) is -1.03. The Morgan fingerprint density at radius 1 is 1.50 bits per heavy atom. The highest BCUT2D eigenvalue weighted by Crippen LogP contribution is 1.94. The molecule has 3 N–H and O–H groups in total. The lowest BCUT2D eigenvalue weighted by molar-refractivity contribution is -0.142. The zero-order valence-electron chi connectivity index (χ0n) is 10.0. The molecular formula is C10H16N4O4. The second-order valence-electron chi connectivity index (χ2n) is 3.50. The summed E-state index contributed by atoms with van der Waals surface area (Å²) in [6.45, 7) is 0.423. The van der Waals surface area contributed by atoms with Crippen LogP contribution in [-0.4, -0.2) is 46.6 Å². The number of nitrogens with one attached hydrogen (secondary N) is 2. The van der Waals surface area contributed by atoms with Crippen LogP contribution in [0, 0.1) is 0 Å². The quantitative estimate of drug-likeness (QED) is 0.560. The number of aryl methyl sites for hydroxylation is 1. The lowest BCUT2D eigenvalue weighted by atomic mass is 10.4. The summed E-state index contributed by atoms with van der Waals surface area (Å²) in [6, 6.07) is 1.46. The van der Waals surface area contributed by atoms with Gasteiger partial charge in [0.05, 0.1) is 18.8 Å². The van der Waals surface area contributed by atoms with Crippen LogP contribution >= 0.6 is 0 Å². The molecule has 1 aromatic rings. The fourth-order valence-corrected chi connectivity index (χ4v) is 1.20. The molecule has 0 aliphatic rings. The van der Waals surface area contributed by atoms with Gasteiger partial charge in [0, 0.05) is 19.8 Å². The number of ether oxygens (including phenoxy) is 1. The zero-order chi connectivity index (χ0) is 13.4. The predicted molar refractivity (Wildman–Crippen MR) is 61.9 cm³/mol. The second kappa shape index (κ2) is 7.28. The van der Waals surface area contributed by atoms with Gasteiger partial charge in [0.1, 0.15) is 6.61 Å². The number of nitrogens with zero attached hydrogens (tertiary/aromatic N) is 2. The second-order valence-corrected chi connectivity index (χ2v) is 3.50. The van der Waals surface area contributed by atoms with Crippen molar-refractivity contribution in [2.75, 3.05) is 19.8 Å². The van der Waals surface area contributed by atoms with Crippen molar-refractivity contribution >= 4 is 12.0 Å². The van der Waals surface area contributed by atoms with Crippen molar-refractivity contribution in [1.82, 2.24) is 20.4 Å². The van der Waals surface area contributed by atoms with Crippen LogP contribution in [-0.2, 0) is 23.1 Å². The molecule has 0 bridgehead atoms. The molecule has 0 unspecified atom stereocenters. The third kappa shape index (κ3) is 5.30. The van der Waals surface area contributed by atoms with E-state index in [1.807, 2.05) is 0 Å². The highest BCUT2D eigenvalue weighted by molar-refractivity contribution is 5.73. The van der Waals surface area contributed by atoms with E-state index in [9.17, 15) is 9.59 Å². The van der Waals surface area contributed by atoms with Gasteiger partial charge in [0.25, 0.3) is 0 Å². The van der Waals surface area contributed by atoms with E-state index in [2.05, 4.69) is 15.7 Å². The molecular weight excluding hydrogens is 240 g/mol. The van der Waals surface area contributed by atoms with E-state index < -0.39 is 5.97 Å². The number of carbonyl (C=O) groups is 2. The minimum atomic E-state index is -1.03. The highest BCUT2D eigenvalue weighted by atomic mass is 16.5. The Balaban J connectivity index is 2.07. The van der Waals surface area contributed by atoms with Gasteiger partial charge in [0.2, 0.25) is 0 Å². The molecule has 0 atom stereocenters. The SMILES string of the molecule is Cn1nccc1CNC(=O)NCCOCC(=O)O. The molecule has 100 valence electrons. The Kier molecular flexibility index (Phi) is 5.65. The van der Waals surface area contributed by atoms with Crippen molar-refractivity contribution in [3.05, 3.63) is 18.0 Å². The first-order valence-corrected chi connectivity index (χ1v) is 5.37. The lowest BCUT2D eigenvalue weighted by Gasteiger charge is -2.07. The van der Waals surface area contributed by atoms with E-state index in [0.717, 1.165) is 5.69 Å². The number of hydrogen-bond donors (Lipinski definition) is 3. The van der Waals surface area contributed by atoms with Gasteiger partial charge < -0.3 is 20.5 Å². The van der Waals surface area contributed by atoms with Gasteiger partial charge in [-0.3, -0.25) is 4.68 Å². The Hall–Kier alpha value is -2.09. The van der Waals surface area contributed by atoms with Gasteiger partial charge in [0.15, 0.2) is 0 Å². The molecule has 0 spiro atoms. The predicted octanol–water partition coefficient (Wildman–Crippen LogP) is -0.679. The first kappa shape index (κ1) is 14.0. The summed E-state index contributed by atoms with van der Waals surface area (Å²) < 4.78 is 6.42. The van der Waals surface area contributed by atoms with Crippen LogP contribution in [0.5, 0.6) is 0 Å². The molecule has 1 heterocycles. The molecule has 0 saturated heterocycles. The summed E-state index contributed by atoms with van der Waals surface area (Å²) in [7, 11) is 1.79. The minimum absolute atomic E-state index is 0.158. The normalized spacial score (nSPS) is 10.1. The number of aromatic nitrogens is 2. The fourth-order valence-electron chi connectivity index (χ4n) is 1.20. The fraction of sp³-hybridized carbons (Fsp3) is 0.500. The van der Waals surface area contributed by atoms with Gasteiger partial charge >= 0.3 is 12.0 Å². The summed E-state index contributed by atoms with van der Waals surface area (Å²) in [4.78, 5) is 21.5.